The van der Waals surface area contributed by atoms with Crippen LogP contribution in [0.25, 0.3) is 0 Å². The fourth-order valence-corrected chi connectivity index (χ4v) is 1.84. The number of carboxylic acids is 1. The quantitative estimate of drug-likeness (QED) is 0.718. The van der Waals surface area contributed by atoms with Crippen molar-refractivity contribution in [2.24, 2.45) is 5.92 Å². The van der Waals surface area contributed by atoms with Crippen molar-refractivity contribution in [1.29, 1.82) is 0 Å². The van der Waals surface area contributed by atoms with Gasteiger partial charge in [0.15, 0.2) is 0 Å². The van der Waals surface area contributed by atoms with Crippen molar-refractivity contribution in [3.8, 4) is 0 Å². The predicted molar refractivity (Wildman–Crippen MR) is 62.0 cm³/mol. The summed E-state index contributed by atoms with van der Waals surface area (Å²) in [7, 11) is 1.49. The molecule has 0 aromatic heterocycles. The number of aliphatic carboxylic acids is 1. The number of hydrogen-bond acceptors (Lipinski definition) is 4. The molecule has 7 nitrogen and oxygen atoms in total. The van der Waals surface area contributed by atoms with Crippen LogP contribution in [-0.2, 0) is 14.3 Å². The molecule has 1 rings (SSSR count). The summed E-state index contributed by atoms with van der Waals surface area (Å²) in [5.41, 5.74) is 0. The molecule has 0 aliphatic carbocycles. The molecule has 1 aliphatic rings. The van der Waals surface area contributed by atoms with Gasteiger partial charge in [0.1, 0.15) is 6.54 Å². The number of amides is 2. The van der Waals surface area contributed by atoms with Gasteiger partial charge >= 0.3 is 18.0 Å². The number of urea groups is 1. The summed E-state index contributed by atoms with van der Waals surface area (Å²) in [6.07, 6.45) is 0.453. The molecule has 0 radical (unpaired) electrons. The van der Waals surface area contributed by atoms with Crippen LogP contribution in [0.15, 0.2) is 0 Å². The maximum absolute atomic E-state index is 11.9. The Kier molecular flexibility index (Phi) is 4.94. The number of carboxylic acid groups (broad SMARTS) is 1. The van der Waals surface area contributed by atoms with Crippen LogP contribution in [0.5, 0.6) is 0 Å². The molecule has 1 unspecified atom stereocenters. The highest BCUT2D eigenvalue weighted by atomic mass is 16.5. The van der Waals surface area contributed by atoms with Crippen molar-refractivity contribution < 1.29 is 24.2 Å². The lowest BCUT2D eigenvalue weighted by molar-refractivity contribution is -0.144. The van der Waals surface area contributed by atoms with E-state index in [0.29, 0.717) is 13.0 Å². The summed E-state index contributed by atoms with van der Waals surface area (Å²) < 4.78 is 4.74. The van der Waals surface area contributed by atoms with E-state index in [1.165, 1.54) is 16.8 Å². The van der Waals surface area contributed by atoms with E-state index in [1.807, 2.05) is 0 Å². The molecule has 0 aromatic carbocycles. The molecule has 102 valence electrons. The Morgan fingerprint density at radius 3 is 2.61 bits per heavy atom. The number of likely N-dealkylation sites (N-methyl/N-ethyl adjacent to an activating group) is 1. The van der Waals surface area contributed by atoms with Gasteiger partial charge in [-0.3, -0.25) is 9.59 Å². The Hall–Kier alpha value is -1.79. The molecule has 1 atom stereocenters. The third kappa shape index (κ3) is 3.61. The predicted octanol–water partition coefficient (Wildman–Crippen LogP) is 0.00780. The van der Waals surface area contributed by atoms with Crippen LogP contribution in [0.1, 0.15) is 13.3 Å². The highest BCUT2D eigenvalue weighted by Gasteiger charge is 2.32. The molecule has 7 heteroatoms. The molecule has 0 spiro atoms. The van der Waals surface area contributed by atoms with Crippen LogP contribution in [0, 0.1) is 5.92 Å². The van der Waals surface area contributed by atoms with E-state index in [4.69, 9.17) is 9.84 Å². The number of rotatable bonds is 4. The fourth-order valence-electron chi connectivity index (χ4n) is 1.84. The van der Waals surface area contributed by atoms with Gasteiger partial charge in [-0.15, -0.1) is 0 Å². The van der Waals surface area contributed by atoms with Gasteiger partial charge in [-0.05, 0) is 13.3 Å². The van der Waals surface area contributed by atoms with E-state index in [2.05, 4.69) is 0 Å². The molecule has 1 fully saturated rings. The first kappa shape index (κ1) is 14.3. The molecule has 18 heavy (non-hydrogen) atoms. The number of likely N-dealkylation sites (tertiary alicyclic amines) is 1. The van der Waals surface area contributed by atoms with Crippen molar-refractivity contribution >= 4 is 18.0 Å². The Morgan fingerprint density at radius 2 is 2.11 bits per heavy atom. The number of carbonyl (C=O) groups excluding carboxylic acids is 2. The van der Waals surface area contributed by atoms with Gasteiger partial charge in [0.25, 0.3) is 0 Å². The summed E-state index contributed by atoms with van der Waals surface area (Å²) in [6, 6.07) is -0.341. The van der Waals surface area contributed by atoms with E-state index in [1.54, 1.807) is 6.92 Å². The lowest BCUT2D eigenvalue weighted by atomic mass is 10.1. The van der Waals surface area contributed by atoms with Crippen molar-refractivity contribution in [1.82, 2.24) is 9.80 Å². The first-order valence-electron chi connectivity index (χ1n) is 5.84. The molecular weight excluding hydrogens is 240 g/mol. The molecular formula is C11H18N2O5. The van der Waals surface area contributed by atoms with Gasteiger partial charge in [0.05, 0.1) is 12.5 Å². The van der Waals surface area contributed by atoms with Crippen LogP contribution in [0.4, 0.5) is 4.79 Å². The van der Waals surface area contributed by atoms with Crippen molar-refractivity contribution in [2.75, 3.05) is 33.3 Å². The molecule has 0 aromatic rings. The topological polar surface area (TPSA) is 87.2 Å². The SMILES string of the molecule is CCOC(=O)CN(C)C(=O)N1CCC(C(=O)O)C1. The van der Waals surface area contributed by atoms with Crippen LogP contribution in [0.2, 0.25) is 0 Å². The second kappa shape index (κ2) is 6.23. The zero-order valence-electron chi connectivity index (χ0n) is 10.6. The molecule has 1 saturated heterocycles. The summed E-state index contributed by atoms with van der Waals surface area (Å²) >= 11 is 0. The number of hydrogen-bond donors (Lipinski definition) is 1. The van der Waals surface area contributed by atoms with Gasteiger partial charge in [-0.25, -0.2) is 4.79 Å². The van der Waals surface area contributed by atoms with E-state index in [-0.39, 0.29) is 25.7 Å². The second-order valence-electron chi connectivity index (χ2n) is 4.21. The summed E-state index contributed by atoms with van der Waals surface area (Å²) in [5.74, 6) is -1.87. The van der Waals surface area contributed by atoms with Crippen LogP contribution < -0.4 is 0 Å². The summed E-state index contributed by atoms with van der Waals surface area (Å²) in [4.78, 5) is 36.6. The molecule has 2 amide bonds. The van der Waals surface area contributed by atoms with E-state index < -0.39 is 17.9 Å². The fraction of sp³-hybridized carbons (Fsp3) is 0.727. The van der Waals surface area contributed by atoms with E-state index in [0.717, 1.165) is 0 Å². The maximum Gasteiger partial charge on any atom is 0.325 e. The van der Waals surface area contributed by atoms with Crippen molar-refractivity contribution in [2.45, 2.75) is 13.3 Å². The molecule has 1 N–H and O–H groups in total. The summed E-state index contributed by atoms with van der Waals surface area (Å²) in [6.45, 7) is 2.44. The lowest BCUT2D eigenvalue weighted by Gasteiger charge is -2.23. The number of ether oxygens (including phenoxy) is 1. The molecule has 0 bridgehead atoms. The van der Waals surface area contributed by atoms with Gasteiger partial charge in [0.2, 0.25) is 0 Å². The highest BCUT2D eigenvalue weighted by molar-refractivity contribution is 5.81. The minimum Gasteiger partial charge on any atom is -0.481 e. The van der Waals surface area contributed by atoms with Crippen LogP contribution in [0.3, 0.4) is 0 Å². The Morgan fingerprint density at radius 1 is 1.44 bits per heavy atom. The monoisotopic (exact) mass is 258 g/mol. The number of nitrogens with zero attached hydrogens (tertiary/aromatic N) is 2. The number of esters is 1. The zero-order valence-corrected chi connectivity index (χ0v) is 10.6. The smallest absolute Gasteiger partial charge is 0.325 e. The largest absolute Gasteiger partial charge is 0.481 e. The standard InChI is InChI=1S/C11H18N2O5/c1-3-18-9(14)7-12(2)11(17)13-5-4-8(6-13)10(15)16/h8H,3-7H2,1-2H3,(H,15,16). The van der Waals surface area contributed by atoms with Crippen molar-refractivity contribution in [3.05, 3.63) is 0 Å². The lowest BCUT2D eigenvalue weighted by Crippen LogP contribution is -2.42. The first-order valence-corrected chi connectivity index (χ1v) is 5.84. The molecule has 0 saturated carbocycles. The Bertz CT molecular complexity index is 344. The van der Waals surface area contributed by atoms with E-state index in [9.17, 15) is 14.4 Å². The third-order valence-electron chi connectivity index (χ3n) is 2.81. The average molecular weight is 258 g/mol. The van der Waals surface area contributed by atoms with Crippen LogP contribution >= 0.6 is 0 Å². The second-order valence-corrected chi connectivity index (χ2v) is 4.21. The average Bonchev–Trinajstić information content (AvgIpc) is 2.77. The van der Waals surface area contributed by atoms with Crippen LogP contribution in [-0.4, -0.2) is 66.2 Å². The summed E-state index contributed by atoms with van der Waals surface area (Å²) in [5, 5.41) is 8.84. The Balaban J connectivity index is 2.45. The normalized spacial score (nSPS) is 18.6. The van der Waals surface area contributed by atoms with Gasteiger partial charge in [-0.2, -0.15) is 0 Å². The van der Waals surface area contributed by atoms with Gasteiger partial charge in [0, 0.05) is 20.1 Å². The first-order chi connectivity index (χ1) is 8.45. The zero-order chi connectivity index (χ0) is 13.7. The van der Waals surface area contributed by atoms with E-state index >= 15 is 0 Å². The molecule has 1 heterocycles. The third-order valence-corrected chi connectivity index (χ3v) is 2.81. The molecule has 1 aliphatic heterocycles. The van der Waals surface area contributed by atoms with Gasteiger partial charge in [-0.1, -0.05) is 0 Å². The minimum absolute atomic E-state index is 0.124. The minimum atomic E-state index is -0.890. The highest BCUT2D eigenvalue weighted by Crippen LogP contribution is 2.17. The Labute approximate surface area is 105 Å². The number of carbonyl (C=O) groups is 3. The van der Waals surface area contributed by atoms with Gasteiger partial charge < -0.3 is 19.6 Å². The maximum atomic E-state index is 11.9. The van der Waals surface area contributed by atoms with Crippen molar-refractivity contribution in [3.63, 3.8) is 0 Å².